The topological polar surface area (TPSA) is 50.1 Å². The molecule has 0 saturated heterocycles. The highest BCUT2D eigenvalue weighted by molar-refractivity contribution is 5.85. The lowest BCUT2D eigenvalue weighted by Gasteiger charge is -2.34. The molecule has 0 amide bonds. The van der Waals surface area contributed by atoms with E-state index in [9.17, 15) is 39.5 Å². The summed E-state index contributed by atoms with van der Waals surface area (Å²) < 4.78 is 125. The Kier molecular flexibility index (Phi) is 9.13. The smallest absolute Gasteiger partial charge is 0.371 e. The van der Waals surface area contributed by atoms with Crippen molar-refractivity contribution in [1.82, 2.24) is 20.2 Å². The maximum atomic E-state index is 14.2. The Bertz CT molecular complexity index is 1460. The predicted octanol–water partition coefficient (Wildman–Crippen LogP) is 8.06. The van der Waals surface area contributed by atoms with Crippen LogP contribution >= 0.6 is 12.4 Å². The number of hydrogen-bond acceptors (Lipinski definition) is 5. The lowest BCUT2D eigenvalue weighted by Crippen LogP contribution is -2.31. The molecule has 1 aliphatic heterocycles. The van der Waals surface area contributed by atoms with Gasteiger partial charge in [-0.3, -0.25) is 0 Å². The van der Waals surface area contributed by atoms with E-state index in [1.54, 1.807) is 0 Å². The molecule has 1 aliphatic carbocycles. The molecule has 6 nitrogen and oxygen atoms in total. The highest BCUT2D eigenvalue weighted by atomic mass is 35.5. The van der Waals surface area contributed by atoms with Crippen molar-refractivity contribution in [3.8, 4) is 0 Å². The molecule has 0 N–H and O–H groups in total. The first-order chi connectivity index (χ1) is 19.9. The molecular weight excluding hydrogens is 627 g/mol. The molecule has 5 rings (SSSR count). The molecule has 1 atom stereocenters. The molecule has 0 unspecified atom stereocenters. The van der Waals surface area contributed by atoms with Crippen LogP contribution in [0.15, 0.2) is 24.3 Å². The van der Waals surface area contributed by atoms with Gasteiger partial charge in [-0.1, -0.05) is 11.2 Å². The van der Waals surface area contributed by atoms with E-state index < -0.39 is 47.8 Å². The Morgan fingerprint density at radius 3 is 1.98 bits per heavy atom. The fourth-order valence-corrected chi connectivity index (χ4v) is 5.99. The molecule has 1 aromatic heterocycles. The number of halogens is 10. The maximum absolute atomic E-state index is 14.2. The summed E-state index contributed by atoms with van der Waals surface area (Å²) in [5.74, 6) is 0.262. The standard InChI is InChI=1S/C28H29F9N6.ClH/c1-15-9-21-22(5-4-8-42(13-17-6-7-17)24(21)16(2)23(15)28(35,36)37)43(25-38-40-41(3)39-25)14-18-10-19(26(29,30)31)12-20(11-18)27(32,33)34;/h9-12,17,22H,4-8,13-14H2,1-3H3;1H/t22-;/m0./s1. The summed E-state index contributed by atoms with van der Waals surface area (Å²) in [7, 11) is 1.45. The Labute approximate surface area is 253 Å². The lowest BCUT2D eigenvalue weighted by molar-refractivity contribution is -0.143. The fourth-order valence-electron chi connectivity index (χ4n) is 5.99. The van der Waals surface area contributed by atoms with Gasteiger partial charge in [0.15, 0.2) is 0 Å². The second kappa shape index (κ2) is 11.9. The van der Waals surface area contributed by atoms with Gasteiger partial charge in [-0.05, 0) is 91.1 Å². The average Bonchev–Trinajstić information content (AvgIpc) is 3.62. The number of aryl methyl sites for hydroxylation is 2. The SMILES string of the molecule is Cc1cc2c(c(C)c1C(F)(F)F)N(CC1CC1)CCC[C@@H]2N(Cc1cc(C(F)(F)F)cc(C(F)(F)F)c1)c1nnn(C)n1.Cl. The molecule has 16 heteroatoms. The van der Waals surface area contributed by atoms with E-state index in [2.05, 4.69) is 15.4 Å². The van der Waals surface area contributed by atoms with Gasteiger partial charge < -0.3 is 9.80 Å². The first-order valence-corrected chi connectivity index (χ1v) is 13.7. The predicted molar refractivity (Wildman–Crippen MR) is 147 cm³/mol. The zero-order chi connectivity index (χ0) is 31.5. The molecule has 0 radical (unpaired) electrons. The number of fused-ring (bicyclic) bond motifs is 1. The minimum Gasteiger partial charge on any atom is -0.371 e. The number of alkyl halides is 9. The average molecular weight is 657 g/mol. The van der Waals surface area contributed by atoms with Crippen LogP contribution in [0.3, 0.4) is 0 Å². The lowest BCUT2D eigenvalue weighted by atomic mass is 9.90. The Morgan fingerprint density at radius 2 is 1.48 bits per heavy atom. The Morgan fingerprint density at radius 1 is 0.864 bits per heavy atom. The van der Waals surface area contributed by atoms with E-state index >= 15 is 0 Å². The monoisotopic (exact) mass is 656 g/mol. The molecule has 242 valence electrons. The zero-order valence-electron chi connectivity index (χ0n) is 23.9. The van der Waals surface area contributed by atoms with Crippen molar-refractivity contribution in [3.63, 3.8) is 0 Å². The molecule has 0 bridgehead atoms. The van der Waals surface area contributed by atoms with Gasteiger partial charge in [0.1, 0.15) is 0 Å². The normalized spacial score (nSPS) is 17.6. The van der Waals surface area contributed by atoms with Gasteiger partial charge in [0.25, 0.3) is 5.95 Å². The molecule has 2 aromatic carbocycles. The third-order valence-corrected chi connectivity index (χ3v) is 7.94. The summed E-state index contributed by atoms with van der Waals surface area (Å²) in [4.78, 5) is 4.47. The number of tetrazole rings is 1. The van der Waals surface area contributed by atoms with Gasteiger partial charge in [0.05, 0.1) is 29.8 Å². The van der Waals surface area contributed by atoms with Crippen molar-refractivity contribution in [2.75, 3.05) is 22.9 Å². The van der Waals surface area contributed by atoms with Crippen LogP contribution in [0.2, 0.25) is 0 Å². The molecule has 1 fully saturated rings. The summed E-state index contributed by atoms with van der Waals surface area (Å²) in [6.07, 6.45) is -12.0. The van der Waals surface area contributed by atoms with Crippen LogP contribution in [0.5, 0.6) is 0 Å². The van der Waals surface area contributed by atoms with Crippen molar-refractivity contribution in [1.29, 1.82) is 0 Å². The summed E-state index contributed by atoms with van der Waals surface area (Å²) in [5, 5.41) is 12.0. The highest BCUT2D eigenvalue weighted by Gasteiger charge is 2.41. The Hall–Kier alpha value is -3.23. The second-order valence-corrected chi connectivity index (χ2v) is 11.3. The van der Waals surface area contributed by atoms with Gasteiger partial charge >= 0.3 is 18.5 Å². The first kappa shape index (κ1) is 33.7. The van der Waals surface area contributed by atoms with Crippen LogP contribution in [-0.4, -0.2) is 33.3 Å². The second-order valence-electron chi connectivity index (χ2n) is 11.3. The summed E-state index contributed by atoms with van der Waals surface area (Å²) in [6.45, 7) is 3.25. The molecule has 1 saturated carbocycles. The third-order valence-electron chi connectivity index (χ3n) is 7.94. The van der Waals surface area contributed by atoms with Crippen LogP contribution in [0, 0.1) is 19.8 Å². The van der Waals surface area contributed by atoms with Crippen LogP contribution < -0.4 is 9.80 Å². The number of hydrogen-bond donors (Lipinski definition) is 0. The first-order valence-electron chi connectivity index (χ1n) is 13.7. The van der Waals surface area contributed by atoms with E-state index in [0.717, 1.165) is 17.6 Å². The van der Waals surface area contributed by atoms with E-state index in [1.807, 2.05) is 4.90 Å². The van der Waals surface area contributed by atoms with Crippen LogP contribution in [0.25, 0.3) is 0 Å². The van der Waals surface area contributed by atoms with Gasteiger partial charge in [-0.2, -0.15) is 44.3 Å². The molecule has 2 aliphatic rings. The van der Waals surface area contributed by atoms with Crippen LogP contribution in [0.1, 0.15) is 70.7 Å². The van der Waals surface area contributed by atoms with Crippen LogP contribution in [-0.2, 0) is 32.1 Å². The third kappa shape index (κ3) is 7.02. The number of anilines is 2. The van der Waals surface area contributed by atoms with Crippen LogP contribution in [0.4, 0.5) is 51.1 Å². The van der Waals surface area contributed by atoms with E-state index in [1.165, 1.54) is 31.9 Å². The summed E-state index contributed by atoms with van der Waals surface area (Å²) in [6, 6.07) is 1.98. The van der Waals surface area contributed by atoms with Gasteiger partial charge in [0, 0.05) is 25.3 Å². The van der Waals surface area contributed by atoms with E-state index in [0.29, 0.717) is 55.2 Å². The van der Waals surface area contributed by atoms with Gasteiger partial charge in [-0.15, -0.1) is 17.5 Å². The van der Waals surface area contributed by atoms with Gasteiger partial charge in [0.2, 0.25) is 0 Å². The van der Waals surface area contributed by atoms with Crippen molar-refractivity contribution >= 4 is 24.0 Å². The Balaban J connectivity index is 0.00000442. The molecule has 2 heterocycles. The van der Waals surface area contributed by atoms with E-state index in [4.69, 9.17) is 0 Å². The molecule has 0 spiro atoms. The van der Waals surface area contributed by atoms with Crippen molar-refractivity contribution < 1.29 is 39.5 Å². The maximum Gasteiger partial charge on any atom is 0.416 e. The quantitative estimate of drug-likeness (QED) is 0.251. The highest BCUT2D eigenvalue weighted by Crippen LogP contribution is 2.47. The van der Waals surface area contributed by atoms with Crippen molar-refractivity contribution in [2.24, 2.45) is 13.0 Å². The van der Waals surface area contributed by atoms with Gasteiger partial charge in [-0.25, -0.2) is 0 Å². The number of rotatable bonds is 6. The van der Waals surface area contributed by atoms with E-state index in [-0.39, 0.29) is 41.1 Å². The fraction of sp³-hybridized carbons (Fsp3) is 0.536. The van der Waals surface area contributed by atoms with Crippen molar-refractivity contribution in [2.45, 2.75) is 70.6 Å². The number of benzene rings is 2. The molecular formula is C28H30ClF9N6. The number of aromatic nitrogens is 4. The zero-order valence-corrected chi connectivity index (χ0v) is 24.7. The molecule has 44 heavy (non-hydrogen) atoms. The minimum absolute atomic E-state index is 0. The summed E-state index contributed by atoms with van der Waals surface area (Å²) in [5.41, 5.74) is -3.16. The molecule has 3 aromatic rings. The summed E-state index contributed by atoms with van der Waals surface area (Å²) >= 11 is 0. The number of nitrogens with zero attached hydrogens (tertiary/aromatic N) is 6. The largest absolute Gasteiger partial charge is 0.416 e. The van der Waals surface area contributed by atoms with Crippen molar-refractivity contribution in [3.05, 3.63) is 63.2 Å². The minimum atomic E-state index is -5.05.